The molecule has 1 aliphatic rings. The molecule has 1 aliphatic heterocycles. The molecule has 5 rings (SSSR count). The van der Waals surface area contributed by atoms with E-state index < -0.39 is 70.2 Å². The molecule has 1 fully saturated rings. The summed E-state index contributed by atoms with van der Waals surface area (Å²) in [6, 6.07) is 23.9. The highest BCUT2D eigenvalue weighted by Crippen LogP contribution is 2.37. The highest BCUT2D eigenvalue weighted by molar-refractivity contribution is 7.92. The number of likely N-dealkylation sites (tertiary alicyclic amines) is 1. The van der Waals surface area contributed by atoms with Crippen molar-refractivity contribution in [2.75, 3.05) is 36.3 Å². The summed E-state index contributed by atoms with van der Waals surface area (Å²) in [7, 11) is -4.29. The first kappa shape index (κ1) is 39.6. The van der Waals surface area contributed by atoms with Gasteiger partial charge in [-0.1, -0.05) is 77.8 Å². The van der Waals surface area contributed by atoms with Gasteiger partial charge in [0.05, 0.1) is 30.1 Å². The van der Waals surface area contributed by atoms with E-state index >= 15 is 0 Å². The quantitative estimate of drug-likeness (QED) is 0.111. The van der Waals surface area contributed by atoms with E-state index in [-0.39, 0.29) is 37.8 Å². The van der Waals surface area contributed by atoms with Crippen LogP contribution in [-0.4, -0.2) is 75.2 Å². The van der Waals surface area contributed by atoms with Gasteiger partial charge in [0.1, 0.15) is 24.1 Å². The predicted molar refractivity (Wildman–Crippen MR) is 199 cm³/mol. The maximum absolute atomic E-state index is 14.4. The van der Waals surface area contributed by atoms with Gasteiger partial charge in [0, 0.05) is 42.2 Å². The number of rotatable bonds is 16. The number of sulfonamides is 1. The van der Waals surface area contributed by atoms with Crippen molar-refractivity contribution in [3.63, 3.8) is 0 Å². The van der Waals surface area contributed by atoms with E-state index in [1.165, 1.54) is 0 Å². The van der Waals surface area contributed by atoms with Crippen molar-refractivity contribution >= 4 is 56.7 Å². The number of ether oxygens (including phenoxy) is 1. The van der Waals surface area contributed by atoms with E-state index in [0.29, 0.717) is 16.1 Å². The molecule has 4 aromatic carbocycles. The number of nitrogens with zero attached hydrogens (tertiary/aromatic N) is 2. The summed E-state index contributed by atoms with van der Waals surface area (Å²) in [5, 5.41) is 6.05. The average molecular weight is 788 g/mol. The lowest BCUT2D eigenvalue weighted by atomic mass is 9.93. The second-order valence-electron chi connectivity index (χ2n) is 12.4. The molecule has 0 bridgehead atoms. The third kappa shape index (κ3) is 10.8. The smallest absolute Gasteiger partial charge is 0.328 e. The van der Waals surface area contributed by atoms with Crippen LogP contribution >= 0.6 is 23.2 Å². The fourth-order valence-corrected chi connectivity index (χ4v) is 8.00. The van der Waals surface area contributed by atoms with E-state index in [0.717, 1.165) is 33.1 Å². The minimum Gasteiger partial charge on any atom is -0.464 e. The molecule has 280 valence electrons. The standard InChI is InChI=1S/C38H38Cl2F2N4O6S/c1-2-52-38(49)34(18-25-6-4-3-5-7-25)44-36(48)22-35(47)43-16-17-53(50,51)46(32-20-30(41)19-31(42)21-32)33-23-45(24-33)37(26-8-12-28(39)13-9-26)27-10-14-29(40)15-11-27/h3-15,19-21,33-34,37H,2,16-18,22-24H2,1H3,(H,43,47)(H,44,48). The van der Waals surface area contributed by atoms with Crippen molar-refractivity contribution in [2.45, 2.75) is 37.9 Å². The van der Waals surface area contributed by atoms with E-state index in [1.807, 2.05) is 35.2 Å². The number of hydrogen-bond acceptors (Lipinski definition) is 7. The van der Waals surface area contributed by atoms with Gasteiger partial charge in [0.2, 0.25) is 21.8 Å². The molecule has 1 saturated heterocycles. The summed E-state index contributed by atoms with van der Waals surface area (Å²) in [5.74, 6) is -4.75. The highest BCUT2D eigenvalue weighted by atomic mass is 35.5. The zero-order valence-electron chi connectivity index (χ0n) is 28.7. The molecular weight excluding hydrogens is 749 g/mol. The molecule has 15 heteroatoms. The fraction of sp³-hybridized carbons (Fsp3) is 0.289. The molecule has 53 heavy (non-hydrogen) atoms. The number of esters is 1. The summed E-state index contributed by atoms with van der Waals surface area (Å²) in [6.45, 7) is 1.73. The Hall–Kier alpha value is -4.56. The number of nitrogens with one attached hydrogen (secondary N) is 2. The van der Waals surface area contributed by atoms with E-state index in [1.54, 1.807) is 55.5 Å². The zero-order chi connectivity index (χ0) is 38.1. The van der Waals surface area contributed by atoms with E-state index in [4.69, 9.17) is 27.9 Å². The van der Waals surface area contributed by atoms with Gasteiger partial charge in [-0.25, -0.2) is 22.0 Å². The molecule has 0 aliphatic carbocycles. The van der Waals surface area contributed by atoms with Crippen LogP contribution in [0.2, 0.25) is 10.0 Å². The second kappa shape index (κ2) is 18.0. The topological polar surface area (TPSA) is 125 Å². The van der Waals surface area contributed by atoms with Crippen molar-refractivity contribution in [3.05, 3.63) is 135 Å². The maximum Gasteiger partial charge on any atom is 0.328 e. The molecule has 1 atom stereocenters. The van der Waals surface area contributed by atoms with E-state index in [2.05, 4.69) is 10.6 Å². The molecule has 0 saturated carbocycles. The number of carbonyl (C=O) groups excluding carboxylic acids is 3. The Labute approximate surface area is 317 Å². The molecule has 4 aromatic rings. The van der Waals surface area contributed by atoms with Gasteiger partial charge in [-0.2, -0.15) is 0 Å². The van der Waals surface area contributed by atoms with E-state index in [9.17, 15) is 31.6 Å². The van der Waals surface area contributed by atoms with Gasteiger partial charge in [-0.15, -0.1) is 0 Å². The Kier molecular flexibility index (Phi) is 13.4. The van der Waals surface area contributed by atoms with Gasteiger partial charge >= 0.3 is 5.97 Å². The summed E-state index contributed by atoms with van der Waals surface area (Å²) in [6.07, 6.45) is -0.543. The minimum absolute atomic E-state index is 0.0956. The predicted octanol–water partition coefficient (Wildman–Crippen LogP) is 5.68. The van der Waals surface area contributed by atoms with Gasteiger partial charge in [-0.05, 0) is 60.0 Å². The molecule has 0 spiro atoms. The van der Waals surface area contributed by atoms with Crippen molar-refractivity contribution in [2.24, 2.45) is 0 Å². The first-order valence-corrected chi connectivity index (χ1v) is 19.2. The summed E-state index contributed by atoms with van der Waals surface area (Å²) >= 11 is 12.3. The SMILES string of the molecule is CCOC(=O)C(Cc1ccccc1)NC(=O)CC(=O)NCCS(=O)(=O)N(c1cc(F)cc(F)c1)C1CN(C(c2ccc(Cl)cc2)c2ccc(Cl)cc2)C1. The summed E-state index contributed by atoms with van der Waals surface area (Å²) in [4.78, 5) is 40.0. The summed E-state index contributed by atoms with van der Waals surface area (Å²) < 4.78 is 62.7. The van der Waals surface area contributed by atoms with Crippen LogP contribution in [0.25, 0.3) is 0 Å². The normalized spacial score (nSPS) is 13.9. The maximum atomic E-state index is 14.4. The van der Waals surface area contributed by atoms with Crippen LogP contribution in [0.4, 0.5) is 14.5 Å². The van der Waals surface area contributed by atoms with Crippen LogP contribution in [0.3, 0.4) is 0 Å². The molecular formula is C38H38Cl2F2N4O6S. The van der Waals surface area contributed by atoms with Crippen molar-refractivity contribution in [1.29, 1.82) is 0 Å². The molecule has 2 N–H and O–H groups in total. The fourth-order valence-electron chi connectivity index (χ4n) is 6.17. The lowest BCUT2D eigenvalue weighted by molar-refractivity contribution is -0.147. The van der Waals surface area contributed by atoms with Gasteiger partial charge < -0.3 is 15.4 Å². The second-order valence-corrected chi connectivity index (χ2v) is 15.3. The average Bonchev–Trinajstić information content (AvgIpc) is 3.08. The number of benzene rings is 4. The number of anilines is 1. The van der Waals surface area contributed by atoms with Crippen LogP contribution in [0.5, 0.6) is 0 Å². The Bertz CT molecular complexity index is 1940. The first-order chi connectivity index (χ1) is 25.3. The number of carbonyl (C=O) groups is 3. The molecule has 10 nitrogen and oxygen atoms in total. The number of hydrogen-bond donors (Lipinski definition) is 2. The summed E-state index contributed by atoms with van der Waals surface area (Å²) in [5.41, 5.74) is 2.35. The van der Waals surface area contributed by atoms with Gasteiger partial charge in [0.15, 0.2) is 0 Å². The Morgan fingerprint density at radius 3 is 1.98 bits per heavy atom. The molecule has 1 unspecified atom stereocenters. The van der Waals surface area contributed by atoms with Crippen LogP contribution in [0.1, 0.15) is 36.1 Å². The third-order valence-electron chi connectivity index (χ3n) is 8.55. The lowest BCUT2D eigenvalue weighted by Gasteiger charge is -2.49. The molecule has 2 amide bonds. The Morgan fingerprint density at radius 1 is 0.868 bits per heavy atom. The highest BCUT2D eigenvalue weighted by Gasteiger charge is 2.42. The number of amides is 2. The minimum atomic E-state index is -4.29. The lowest BCUT2D eigenvalue weighted by Crippen LogP contribution is -2.62. The third-order valence-corrected chi connectivity index (χ3v) is 10.9. The van der Waals surface area contributed by atoms with Gasteiger partial charge in [-0.3, -0.25) is 18.8 Å². The van der Waals surface area contributed by atoms with Crippen molar-refractivity contribution < 1.29 is 36.3 Å². The Morgan fingerprint density at radius 2 is 1.43 bits per heavy atom. The largest absolute Gasteiger partial charge is 0.464 e. The molecule has 0 radical (unpaired) electrons. The first-order valence-electron chi connectivity index (χ1n) is 16.8. The van der Waals surface area contributed by atoms with Crippen LogP contribution in [0, 0.1) is 11.6 Å². The van der Waals surface area contributed by atoms with Crippen LogP contribution in [-0.2, 0) is 35.6 Å². The monoisotopic (exact) mass is 786 g/mol. The molecule has 1 heterocycles. The van der Waals surface area contributed by atoms with Crippen LogP contribution in [0.15, 0.2) is 97.1 Å². The molecule has 0 aromatic heterocycles. The van der Waals surface area contributed by atoms with Crippen molar-refractivity contribution in [3.8, 4) is 0 Å². The van der Waals surface area contributed by atoms with Crippen molar-refractivity contribution in [1.82, 2.24) is 15.5 Å². The zero-order valence-corrected chi connectivity index (χ0v) is 31.0. The van der Waals surface area contributed by atoms with Crippen LogP contribution < -0.4 is 14.9 Å². The Balaban J connectivity index is 1.26. The number of halogens is 4. The van der Waals surface area contributed by atoms with Gasteiger partial charge in [0.25, 0.3) is 0 Å².